The van der Waals surface area contributed by atoms with Crippen LogP contribution in [0.15, 0.2) is 64.6 Å². The first kappa shape index (κ1) is 27.1. The van der Waals surface area contributed by atoms with Crippen molar-refractivity contribution in [2.45, 2.75) is 44.5 Å². The van der Waals surface area contributed by atoms with E-state index in [1.165, 1.54) is 40.9 Å². The molecule has 0 N–H and O–H groups in total. The van der Waals surface area contributed by atoms with E-state index in [1.54, 1.807) is 5.57 Å². The molecule has 5 heteroatoms. The van der Waals surface area contributed by atoms with E-state index >= 15 is 0 Å². The molecule has 0 bridgehead atoms. The molecule has 1 aliphatic heterocycles. The molecular formula is C22H26Cl2SSiZr. The van der Waals surface area contributed by atoms with Gasteiger partial charge in [-0.25, -0.2) is 0 Å². The molecule has 1 unspecified atom stereocenters. The van der Waals surface area contributed by atoms with Crippen LogP contribution in [0, 0.1) is 0 Å². The van der Waals surface area contributed by atoms with Crippen LogP contribution in [-0.2, 0) is 32.6 Å². The molecule has 0 spiro atoms. The van der Waals surface area contributed by atoms with Gasteiger partial charge in [0.15, 0.2) is 0 Å². The standard InChI is InChI=1S/C11H14SSi.C11H12.2ClH.Zr/c1-13(2)7-6-10-8-9-4-3-5-11(9)12-10;1-2-9-7-10-5-3-4-6-11(10)8-9;;;/h3-5,7-8,10H,6H2,1-2H3;3-7H,2,8H2,1H3;2*1H;/q;;;;+2/p-2. The fraction of sp³-hybridized carbons (Fsp3) is 0.318. The maximum absolute atomic E-state index is 2.50. The van der Waals surface area contributed by atoms with Gasteiger partial charge in [-0.2, -0.15) is 0 Å². The Kier molecular flexibility index (Phi) is 13.4. The van der Waals surface area contributed by atoms with Gasteiger partial charge >= 0.3 is 26.2 Å². The van der Waals surface area contributed by atoms with Crippen LogP contribution in [0.5, 0.6) is 0 Å². The molecule has 4 rings (SSSR count). The average molecular weight is 513 g/mol. The van der Waals surface area contributed by atoms with E-state index in [0.717, 1.165) is 0 Å². The maximum atomic E-state index is 2.50. The number of benzene rings is 1. The first-order chi connectivity index (χ1) is 11.7. The van der Waals surface area contributed by atoms with Gasteiger partial charge in [-0.15, -0.1) is 17.4 Å². The third-order valence-electron chi connectivity index (χ3n) is 4.50. The van der Waals surface area contributed by atoms with Crippen molar-refractivity contribution in [3.63, 3.8) is 0 Å². The summed E-state index contributed by atoms with van der Waals surface area (Å²) in [5, 5.41) is 0.714. The van der Waals surface area contributed by atoms with Crippen LogP contribution in [0.4, 0.5) is 0 Å². The number of fused-ring (bicyclic) bond motifs is 2. The molecule has 0 nitrogen and oxygen atoms in total. The van der Waals surface area contributed by atoms with Crippen molar-refractivity contribution in [2.75, 3.05) is 0 Å². The Hall–Kier alpha value is 0.0800. The zero-order chi connectivity index (χ0) is 16.9. The summed E-state index contributed by atoms with van der Waals surface area (Å²) in [6.45, 7) is 6.91. The molecule has 0 amide bonds. The summed E-state index contributed by atoms with van der Waals surface area (Å²) < 4.78 is 0. The van der Waals surface area contributed by atoms with Crippen molar-refractivity contribution in [1.82, 2.24) is 0 Å². The van der Waals surface area contributed by atoms with Crippen LogP contribution >= 0.6 is 11.8 Å². The van der Waals surface area contributed by atoms with Crippen molar-refractivity contribution >= 4 is 31.9 Å². The van der Waals surface area contributed by atoms with Crippen molar-refractivity contribution < 1.29 is 51.0 Å². The molecule has 0 fully saturated rings. The van der Waals surface area contributed by atoms with Gasteiger partial charge in [-0.3, -0.25) is 0 Å². The smallest absolute Gasteiger partial charge is 1.00 e. The molecule has 1 heterocycles. The molecule has 1 atom stereocenters. The zero-order valence-corrected chi connectivity index (χ0v) is 21.9. The fourth-order valence-corrected chi connectivity index (χ4v) is 5.17. The summed E-state index contributed by atoms with van der Waals surface area (Å²) >= 11 is 2.01. The van der Waals surface area contributed by atoms with E-state index in [4.69, 9.17) is 0 Å². The zero-order valence-electron chi connectivity index (χ0n) is 16.1. The van der Waals surface area contributed by atoms with E-state index in [1.807, 2.05) is 11.8 Å². The van der Waals surface area contributed by atoms with E-state index in [2.05, 4.69) is 80.3 Å². The van der Waals surface area contributed by atoms with Crippen LogP contribution in [-0.4, -0.2) is 19.3 Å². The van der Waals surface area contributed by atoms with E-state index in [9.17, 15) is 0 Å². The fourth-order valence-electron chi connectivity index (χ4n) is 3.11. The molecule has 1 aromatic carbocycles. The Morgan fingerprint density at radius 3 is 2.56 bits per heavy atom. The Morgan fingerprint density at radius 1 is 1.19 bits per heavy atom. The SMILES string of the molecule is CCC1=Cc2ccccc2C1.C[Si](C)=CCC1C=C2C=CC=C2S1.[Cl-].[Cl-].[Zr+2]. The quantitative estimate of drug-likeness (QED) is 0.516. The minimum atomic E-state index is -0.150. The Balaban J connectivity index is 0.000000455. The molecule has 0 saturated carbocycles. The number of allylic oxidation sites excluding steroid dienone is 5. The number of hydrogen-bond acceptors (Lipinski definition) is 1. The predicted molar refractivity (Wildman–Crippen MR) is 113 cm³/mol. The summed E-state index contributed by atoms with van der Waals surface area (Å²) in [5.41, 5.74) is 8.43. The first-order valence-electron chi connectivity index (χ1n) is 8.83. The Morgan fingerprint density at radius 2 is 1.93 bits per heavy atom. The topological polar surface area (TPSA) is 0 Å². The van der Waals surface area contributed by atoms with Crippen LogP contribution in [0.3, 0.4) is 0 Å². The van der Waals surface area contributed by atoms with Crippen LogP contribution in [0.25, 0.3) is 6.08 Å². The number of hydrogen-bond donors (Lipinski definition) is 0. The third kappa shape index (κ3) is 7.78. The van der Waals surface area contributed by atoms with Gasteiger partial charge in [-0.05, 0) is 50.4 Å². The summed E-state index contributed by atoms with van der Waals surface area (Å²) in [7, 11) is -0.150. The molecule has 142 valence electrons. The Bertz CT molecular complexity index is 774. The number of thioether (sulfide) groups is 1. The monoisotopic (exact) mass is 510 g/mol. The van der Waals surface area contributed by atoms with E-state index < -0.39 is 0 Å². The molecule has 0 radical (unpaired) electrons. The molecule has 0 aromatic heterocycles. The molecular weight excluding hydrogens is 487 g/mol. The van der Waals surface area contributed by atoms with Crippen LogP contribution in [0.1, 0.15) is 30.9 Å². The Labute approximate surface area is 201 Å². The second kappa shape index (κ2) is 13.3. The van der Waals surface area contributed by atoms with Crippen molar-refractivity contribution in [1.29, 1.82) is 0 Å². The van der Waals surface area contributed by atoms with Gasteiger partial charge in [0.05, 0.1) is 0 Å². The van der Waals surface area contributed by atoms with Crippen molar-refractivity contribution in [3.05, 3.63) is 75.7 Å². The second-order valence-corrected chi connectivity index (χ2v) is 10.6. The van der Waals surface area contributed by atoms with Crippen LogP contribution < -0.4 is 24.8 Å². The van der Waals surface area contributed by atoms with Gasteiger partial charge in [0, 0.05) is 10.2 Å². The summed E-state index contributed by atoms with van der Waals surface area (Å²) in [5.74, 6) is 0. The van der Waals surface area contributed by atoms with Gasteiger partial charge < -0.3 is 24.8 Å². The third-order valence-corrected chi connectivity index (χ3v) is 6.81. The predicted octanol–water partition coefficient (Wildman–Crippen LogP) is 0.0519. The van der Waals surface area contributed by atoms with Crippen LogP contribution in [0.2, 0.25) is 13.1 Å². The molecule has 2 aliphatic carbocycles. The molecule has 1 aromatic rings. The van der Waals surface area contributed by atoms with Crippen molar-refractivity contribution in [3.8, 4) is 0 Å². The minimum absolute atomic E-state index is 0. The summed E-state index contributed by atoms with van der Waals surface area (Å²) in [4.78, 5) is 1.47. The molecule has 27 heavy (non-hydrogen) atoms. The number of rotatable bonds is 3. The van der Waals surface area contributed by atoms with Gasteiger partial charge in [0.1, 0.15) is 0 Å². The van der Waals surface area contributed by atoms with Gasteiger partial charge in [-0.1, -0.05) is 74.2 Å². The largest absolute Gasteiger partial charge is 2.00 e. The van der Waals surface area contributed by atoms with Gasteiger partial charge in [0.25, 0.3) is 0 Å². The molecule has 0 saturated heterocycles. The van der Waals surface area contributed by atoms with Gasteiger partial charge in [0.2, 0.25) is 0 Å². The summed E-state index contributed by atoms with van der Waals surface area (Å²) in [6.07, 6.45) is 14.9. The number of halogens is 2. The normalized spacial score (nSPS) is 17.4. The van der Waals surface area contributed by atoms with E-state index in [-0.39, 0.29) is 59.4 Å². The van der Waals surface area contributed by atoms with Crippen molar-refractivity contribution in [2.24, 2.45) is 0 Å². The molecule has 3 aliphatic rings. The second-order valence-electron chi connectivity index (χ2n) is 6.72. The minimum Gasteiger partial charge on any atom is -1.00 e. The maximum Gasteiger partial charge on any atom is 2.00 e. The van der Waals surface area contributed by atoms with E-state index in [0.29, 0.717) is 5.25 Å². The first-order valence-corrected chi connectivity index (χ1v) is 12.3. The summed E-state index contributed by atoms with van der Waals surface area (Å²) in [6, 6.07) is 8.63. The average Bonchev–Trinajstić information content (AvgIpc) is 3.26.